The maximum absolute atomic E-state index is 14.4. The first kappa shape index (κ1) is 24.4. The average Bonchev–Trinajstić information content (AvgIpc) is 3.42. The molecule has 0 spiro atoms. The van der Waals surface area contributed by atoms with E-state index in [1.165, 1.54) is 24.3 Å². The first-order valence-electron chi connectivity index (χ1n) is 11.4. The number of nitrogens with zero attached hydrogens (tertiary/aromatic N) is 2. The van der Waals surface area contributed by atoms with Crippen molar-refractivity contribution in [2.75, 3.05) is 11.5 Å². The second kappa shape index (κ2) is 9.62. The monoisotopic (exact) mass is 522 g/mol. The summed E-state index contributed by atoms with van der Waals surface area (Å²) in [6.07, 6.45) is 0.820. The molecule has 188 valence electrons. The molecule has 3 aromatic carbocycles. The molecule has 1 fully saturated rings. The van der Waals surface area contributed by atoms with Crippen LogP contribution in [0, 0.1) is 11.6 Å². The zero-order chi connectivity index (χ0) is 26.3. The SMILES string of the molecule is CCCOc1ccc(/C(O)=C2\C(=O)C(=O)N(c3nc4c(F)cc(F)cc4s3)C2c2ccc(O)cc2)cc1. The summed E-state index contributed by atoms with van der Waals surface area (Å²) >= 11 is 0.841. The van der Waals surface area contributed by atoms with Gasteiger partial charge in [-0.2, -0.15) is 0 Å². The number of hydrogen-bond acceptors (Lipinski definition) is 7. The molecule has 0 bridgehead atoms. The molecule has 0 radical (unpaired) electrons. The summed E-state index contributed by atoms with van der Waals surface area (Å²) in [4.78, 5) is 31.8. The lowest BCUT2D eigenvalue weighted by Crippen LogP contribution is -2.29. The summed E-state index contributed by atoms with van der Waals surface area (Å²) in [6, 6.07) is 12.8. The Labute approximate surface area is 213 Å². The summed E-state index contributed by atoms with van der Waals surface area (Å²) in [5.41, 5.74) is 0.328. The molecule has 2 N–H and O–H groups in total. The van der Waals surface area contributed by atoms with Crippen LogP contribution in [0.3, 0.4) is 0 Å². The van der Waals surface area contributed by atoms with Gasteiger partial charge in [-0.05, 0) is 54.4 Å². The van der Waals surface area contributed by atoms with Crippen molar-refractivity contribution in [2.24, 2.45) is 0 Å². The van der Waals surface area contributed by atoms with Crippen molar-refractivity contribution in [2.45, 2.75) is 19.4 Å². The minimum Gasteiger partial charge on any atom is -0.508 e. The molecule has 1 saturated heterocycles. The number of aliphatic hydroxyl groups is 1. The molecule has 4 aromatic rings. The number of anilines is 1. The summed E-state index contributed by atoms with van der Waals surface area (Å²) < 4.78 is 33.9. The van der Waals surface area contributed by atoms with E-state index in [0.29, 0.717) is 24.0 Å². The molecular weight excluding hydrogens is 502 g/mol. The molecule has 7 nitrogen and oxygen atoms in total. The van der Waals surface area contributed by atoms with Gasteiger partial charge in [-0.15, -0.1) is 0 Å². The number of amides is 1. The number of phenols is 1. The number of halogens is 2. The number of aromatic hydroxyl groups is 1. The van der Waals surface area contributed by atoms with Crippen LogP contribution in [0.5, 0.6) is 11.5 Å². The van der Waals surface area contributed by atoms with Crippen molar-refractivity contribution in [3.05, 3.63) is 89.0 Å². The number of thiazole rings is 1. The number of hydrogen-bond donors (Lipinski definition) is 2. The highest BCUT2D eigenvalue weighted by atomic mass is 32.1. The van der Waals surface area contributed by atoms with Crippen molar-refractivity contribution in [3.63, 3.8) is 0 Å². The molecule has 5 rings (SSSR count). The maximum atomic E-state index is 14.4. The molecule has 1 aliphatic heterocycles. The van der Waals surface area contributed by atoms with E-state index in [2.05, 4.69) is 4.98 Å². The molecule has 1 aromatic heterocycles. The molecule has 0 saturated carbocycles. The number of aromatic nitrogens is 1. The van der Waals surface area contributed by atoms with Gasteiger partial charge in [-0.1, -0.05) is 30.4 Å². The van der Waals surface area contributed by atoms with Crippen molar-refractivity contribution in [1.82, 2.24) is 4.98 Å². The van der Waals surface area contributed by atoms with Gasteiger partial charge in [0.1, 0.15) is 28.6 Å². The van der Waals surface area contributed by atoms with Crippen LogP contribution < -0.4 is 9.64 Å². The minimum atomic E-state index is -1.13. The lowest BCUT2D eigenvalue weighted by atomic mass is 9.95. The smallest absolute Gasteiger partial charge is 0.301 e. The van der Waals surface area contributed by atoms with Gasteiger partial charge in [0.25, 0.3) is 5.78 Å². The highest BCUT2D eigenvalue weighted by Crippen LogP contribution is 2.45. The molecule has 37 heavy (non-hydrogen) atoms. The predicted octanol–water partition coefficient (Wildman–Crippen LogP) is 5.70. The molecule has 1 amide bonds. The second-order valence-corrected chi connectivity index (χ2v) is 9.37. The van der Waals surface area contributed by atoms with Crippen molar-refractivity contribution in [3.8, 4) is 11.5 Å². The zero-order valence-electron chi connectivity index (χ0n) is 19.4. The van der Waals surface area contributed by atoms with Crippen LogP contribution in [-0.4, -0.2) is 33.5 Å². The van der Waals surface area contributed by atoms with Crippen LogP contribution in [0.2, 0.25) is 0 Å². The van der Waals surface area contributed by atoms with E-state index in [9.17, 15) is 28.6 Å². The van der Waals surface area contributed by atoms with E-state index in [1.807, 2.05) is 6.92 Å². The molecule has 1 aliphatic rings. The second-order valence-electron chi connectivity index (χ2n) is 8.36. The highest BCUT2D eigenvalue weighted by molar-refractivity contribution is 7.22. The Bertz CT molecular complexity index is 1550. The quantitative estimate of drug-likeness (QED) is 0.192. The number of carbonyl (C=O) groups is 2. The van der Waals surface area contributed by atoms with Gasteiger partial charge in [-0.3, -0.25) is 14.5 Å². The largest absolute Gasteiger partial charge is 0.508 e. The van der Waals surface area contributed by atoms with Crippen molar-refractivity contribution in [1.29, 1.82) is 0 Å². The standard InChI is InChI=1S/C27H20F2N2O5S/c1-2-11-36-18-9-5-15(6-10-18)24(33)21-23(14-3-7-17(32)8-4-14)31(26(35)25(21)34)27-30-22-19(29)12-16(28)13-20(22)37-27/h3-10,12-13,23,32-33H,2,11H2,1H3/b24-21+. The van der Waals surface area contributed by atoms with Crippen LogP contribution in [0.4, 0.5) is 13.9 Å². The fourth-order valence-electron chi connectivity index (χ4n) is 4.13. The van der Waals surface area contributed by atoms with Gasteiger partial charge in [-0.25, -0.2) is 13.8 Å². The molecule has 2 heterocycles. The molecule has 10 heteroatoms. The zero-order valence-corrected chi connectivity index (χ0v) is 20.3. The first-order valence-corrected chi connectivity index (χ1v) is 12.2. The third-order valence-electron chi connectivity index (χ3n) is 5.86. The lowest BCUT2D eigenvalue weighted by molar-refractivity contribution is -0.132. The van der Waals surface area contributed by atoms with Gasteiger partial charge < -0.3 is 14.9 Å². The van der Waals surface area contributed by atoms with Crippen LogP contribution in [0.15, 0.2) is 66.2 Å². The van der Waals surface area contributed by atoms with E-state index in [4.69, 9.17) is 4.74 Å². The molecular formula is C27H20F2N2O5S. The number of carbonyl (C=O) groups excluding carboxylic acids is 2. The summed E-state index contributed by atoms with van der Waals surface area (Å²) in [5.74, 6) is -3.53. The van der Waals surface area contributed by atoms with Crippen LogP contribution in [0.25, 0.3) is 16.0 Å². The number of rotatable bonds is 6. The number of ether oxygens (including phenoxy) is 1. The van der Waals surface area contributed by atoms with E-state index in [0.717, 1.165) is 28.7 Å². The Balaban J connectivity index is 1.66. The van der Waals surface area contributed by atoms with Crippen molar-refractivity contribution >= 4 is 44.1 Å². The fourth-order valence-corrected chi connectivity index (χ4v) is 5.17. The fraction of sp³-hybridized carbons (Fsp3) is 0.148. The Morgan fingerprint density at radius 1 is 1.08 bits per heavy atom. The minimum absolute atomic E-state index is 0.0398. The molecule has 1 atom stereocenters. The van der Waals surface area contributed by atoms with Gasteiger partial charge in [0.05, 0.1) is 22.9 Å². The normalized spacial score (nSPS) is 17.1. The topological polar surface area (TPSA) is 100.0 Å². The number of benzene rings is 3. The number of fused-ring (bicyclic) bond motifs is 1. The predicted molar refractivity (Wildman–Crippen MR) is 135 cm³/mol. The lowest BCUT2D eigenvalue weighted by Gasteiger charge is -2.23. The summed E-state index contributed by atoms with van der Waals surface area (Å²) in [7, 11) is 0. The van der Waals surface area contributed by atoms with Crippen molar-refractivity contribution < 1.29 is 33.3 Å². The number of Topliss-reactive ketones (excluding diaryl/α,β-unsaturated/α-hetero) is 1. The van der Waals surface area contributed by atoms with E-state index < -0.39 is 35.1 Å². The van der Waals surface area contributed by atoms with Gasteiger partial charge >= 0.3 is 5.91 Å². The number of aliphatic hydroxyl groups excluding tert-OH is 1. The number of ketones is 1. The van der Waals surface area contributed by atoms with Crippen LogP contribution >= 0.6 is 11.3 Å². The van der Waals surface area contributed by atoms with E-state index >= 15 is 0 Å². The van der Waals surface area contributed by atoms with Crippen LogP contribution in [-0.2, 0) is 9.59 Å². The van der Waals surface area contributed by atoms with Gasteiger partial charge in [0, 0.05) is 11.6 Å². The van der Waals surface area contributed by atoms with Gasteiger partial charge in [0.2, 0.25) is 0 Å². The van der Waals surface area contributed by atoms with E-state index in [-0.39, 0.29) is 32.2 Å². The molecule has 1 unspecified atom stereocenters. The third kappa shape index (κ3) is 4.40. The van der Waals surface area contributed by atoms with Gasteiger partial charge in [0.15, 0.2) is 10.9 Å². The first-order chi connectivity index (χ1) is 17.8. The Hall–Kier alpha value is -4.31. The average molecular weight is 523 g/mol. The third-order valence-corrected chi connectivity index (χ3v) is 6.86. The summed E-state index contributed by atoms with van der Waals surface area (Å²) in [6.45, 7) is 2.49. The maximum Gasteiger partial charge on any atom is 0.301 e. The van der Waals surface area contributed by atoms with E-state index in [1.54, 1.807) is 24.3 Å². The Morgan fingerprint density at radius 2 is 1.78 bits per heavy atom. The Morgan fingerprint density at radius 3 is 2.46 bits per heavy atom. The van der Waals surface area contributed by atoms with Crippen LogP contribution in [0.1, 0.15) is 30.5 Å². The highest BCUT2D eigenvalue weighted by Gasteiger charge is 2.48. The number of phenolic OH excluding ortho intramolecular Hbond substituents is 1. The Kier molecular flexibility index (Phi) is 6.34. The molecule has 0 aliphatic carbocycles. The summed E-state index contributed by atoms with van der Waals surface area (Å²) in [5, 5.41) is 20.9.